The lowest BCUT2D eigenvalue weighted by molar-refractivity contribution is -0.117. The molecular formula is C24H21ClN6O2S. The number of benzene rings is 2. The first-order valence-electron chi connectivity index (χ1n) is 10.4. The second-order valence-corrected chi connectivity index (χ2v) is 8.62. The highest BCUT2D eigenvalue weighted by atomic mass is 35.5. The summed E-state index contributed by atoms with van der Waals surface area (Å²) in [5, 5.41) is 14.8. The number of hydrogen-bond donors (Lipinski definition) is 2. The van der Waals surface area contributed by atoms with Crippen molar-refractivity contribution in [2.45, 2.75) is 18.6 Å². The highest BCUT2D eigenvalue weighted by Gasteiger charge is 2.19. The molecule has 0 radical (unpaired) electrons. The summed E-state index contributed by atoms with van der Waals surface area (Å²) in [6.07, 6.45) is 3.35. The smallest absolute Gasteiger partial charge is 0.321 e. The number of halogens is 1. The van der Waals surface area contributed by atoms with Crippen LogP contribution >= 0.6 is 23.4 Å². The first-order valence-corrected chi connectivity index (χ1v) is 11.7. The maximum Gasteiger partial charge on any atom is 0.321 e. The molecule has 2 aromatic carbocycles. The van der Waals surface area contributed by atoms with Gasteiger partial charge in [-0.2, -0.15) is 0 Å². The molecule has 3 amide bonds. The number of aromatic nitrogens is 4. The number of nitrogens with zero attached hydrogens (tertiary/aromatic N) is 4. The molecule has 0 atom stereocenters. The molecule has 8 nitrogen and oxygen atoms in total. The third-order valence-corrected chi connectivity index (χ3v) is 6.27. The van der Waals surface area contributed by atoms with E-state index >= 15 is 0 Å². The first kappa shape index (κ1) is 23.5. The lowest BCUT2D eigenvalue weighted by atomic mass is 10.2. The van der Waals surface area contributed by atoms with Gasteiger partial charge in [-0.3, -0.25) is 19.7 Å². The van der Waals surface area contributed by atoms with Crippen molar-refractivity contribution in [3.63, 3.8) is 0 Å². The summed E-state index contributed by atoms with van der Waals surface area (Å²) in [6, 6.07) is 18.1. The molecule has 10 heteroatoms. The van der Waals surface area contributed by atoms with Gasteiger partial charge in [0.1, 0.15) is 0 Å². The van der Waals surface area contributed by atoms with E-state index < -0.39 is 11.9 Å². The quantitative estimate of drug-likeness (QED) is 0.370. The molecule has 0 fully saturated rings. The van der Waals surface area contributed by atoms with E-state index in [1.165, 1.54) is 11.8 Å². The Morgan fingerprint density at radius 1 is 1.00 bits per heavy atom. The fourth-order valence-electron chi connectivity index (χ4n) is 3.22. The molecular weight excluding hydrogens is 472 g/mol. The summed E-state index contributed by atoms with van der Waals surface area (Å²) in [6.45, 7) is 2.23. The Labute approximate surface area is 205 Å². The lowest BCUT2D eigenvalue weighted by Gasteiger charge is -2.14. The maximum atomic E-state index is 12.4. The summed E-state index contributed by atoms with van der Waals surface area (Å²) >= 11 is 7.54. The molecule has 0 saturated carbocycles. The van der Waals surface area contributed by atoms with E-state index in [4.69, 9.17) is 11.6 Å². The van der Waals surface area contributed by atoms with Crippen LogP contribution in [0.25, 0.3) is 17.1 Å². The van der Waals surface area contributed by atoms with Gasteiger partial charge in [-0.15, -0.1) is 10.2 Å². The van der Waals surface area contributed by atoms with Crippen molar-refractivity contribution in [1.82, 2.24) is 30.4 Å². The monoisotopic (exact) mass is 492 g/mol. The zero-order chi connectivity index (χ0) is 23.9. The van der Waals surface area contributed by atoms with Gasteiger partial charge in [0.15, 0.2) is 11.0 Å². The average molecular weight is 493 g/mol. The van der Waals surface area contributed by atoms with Gasteiger partial charge >= 0.3 is 6.03 Å². The molecule has 34 heavy (non-hydrogen) atoms. The van der Waals surface area contributed by atoms with Gasteiger partial charge in [-0.1, -0.05) is 59.8 Å². The van der Waals surface area contributed by atoms with Crippen LogP contribution in [0.2, 0.25) is 5.02 Å². The number of nitrogens with one attached hydrogen (secondary N) is 2. The van der Waals surface area contributed by atoms with Crippen LogP contribution in [-0.2, 0) is 11.3 Å². The van der Waals surface area contributed by atoms with Crippen LogP contribution in [0.5, 0.6) is 0 Å². The van der Waals surface area contributed by atoms with Crippen molar-refractivity contribution in [3.8, 4) is 17.1 Å². The van der Waals surface area contributed by atoms with Gasteiger partial charge in [-0.25, -0.2) is 4.79 Å². The minimum atomic E-state index is -0.556. The van der Waals surface area contributed by atoms with Crippen molar-refractivity contribution in [2.75, 3.05) is 5.75 Å². The van der Waals surface area contributed by atoms with Crippen LogP contribution < -0.4 is 10.6 Å². The molecule has 2 heterocycles. The number of thioether (sulfide) groups is 1. The van der Waals surface area contributed by atoms with E-state index in [1.807, 2.05) is 72.2 Å². The zero-order valence-electron chi connectivity index (χ0n) is 18.2. The third-order valence-electron chi connectivity index (χ3n) is 4.93. The Morgan fingerprint density at radius 3 is 2.53 bits per heavy atom. The molecule has 4 rings (SSSR count). The van der Waals surface area contributed by atoms with Gasteiger partial charge in [-0.05, 0) is 42.3 Å². The molecule has 0 bridgehead atoms. The number of carbonyl (C=O) groups is 2. The van der Waals surface area contributed by atoms with Crippen LogP contribution in [-0.4, -0.2) is 37.4 Å². The summed E-state index contributed by atoms with van der Waals surface area (Å²) in [7, 11) is 0. The second kappa shape index (κ2) is 11.0. The predicted octanol–water partition coefficient (Wildman–Crippen LogP) is 4.41. The fourth-order valence-corrected chi connectivity index (χ4v) is 4.14. The molecule has 0 unspecified atom stereocenters. The predicted molar refractivity (Wildman–Crippen MR) is 132 cm³/mol. The molecule has 4 aromatic rings. The molecule has 0 spiro atoms. The molecule has 172 valence electrons. The molecule has 0 aliphatic heterocycles. The molecule has 2 aromatic heterocycles. The normalized spacial score (nSPS) is 10.6. The van der Waals surface area contributed by atoms with Crippen molar-refractivity contribution in [2.24, 2.45) is 0 Å². The summed E-state index contributed by atoms with van der Waals surface area (Å²) in [5.41, 5.74) is 3.41. The highest BCUT2D eigenvalue weighted by Crippen LogP contribution is 2.31. The topological polar surface area (TPSA) is 102 Å². The van der Waals surface area contributed by atoms with E-state index in [-0.39, 0.29) is 5.75 Å². The number of pyridine rings is 1. The van der Waals surface area contributed by atoms with Crippen LogP contribution in [0, 0.1) is 6.92 Å². The van der Waals surface area contributed by atoms with Crippen LogP contribution in [0.4, 0.5) is 4.79 Å². The minimum Gasteiger partial charge on any atom is -0.334 e. The van der Waals surface area contributed by atoms with Gasteiger partial charge < -0.3 is 5.32 Å². The van der Waals surface area contributed by atoms with Crippen molar-refractivity contribution in [1.29, 1.82) is 0 Å². The molecule has 2 N–H and O–H groups in total. The summed E-state index contributed by atoms with van der Waals surface area (Å²) < 4.78 is 1.85. The number of amides is 3. The number of carbonyl (C=O) groups excluding carboxylic acids is 2. The lowest BCUT2D eigenvalue weighted by Crippen LogP contribution is -2.40. The molecule has 0 saturated heterocycles. The van der Waals surface area contributed by atoms with Crippen molar-refractivity contribution >= 4 is 35.3 Å². The van der Waals surface area contributed by atoms with Gasteiger partial charge in [0, 0.05) is 29.5 Å². The number of urea groups is 1. The fraction of sp³-hybridized carbons (Fsp3) is 0.125. The Bertz CT molecular complexity index is 1300. The molecule has 0 aliphatic rings. The van der Waals surface area contributed by atoms with E-state index in [2.05, 4.69) is 25.8 Å². The second-order valence-electron chi connectivity index (χ2n) is 7.27. The SMILES string of the molecule is Cc1c(Cl)cccc1-n1c(SCC(=O)NC(=O)NCc2ccccc2)nnc1-c1ccncc1. The maximum absolute atomic E-state index is 12.4. The largest absolute Gasteiger partial charge is 0.334 e. The van der Waals surface area contributed by atoms with Gasteiger partial charge in [0.2, 0.25) is 5.91 Å². The number of imide groups is 1. The standard InChI is InChI=1S/C24H21ClN6O2S/c1-16-19(25)8-5-9-20(16)31-22(18-10-12-26-13-11-18)29-30-24(31)34-15-21(32)28-23(33)27-14-17-6-3-2-4-7-17/h2-13H,14-15H2,1H3,(H2,27,28,32,33). The Kier molecular flexibility index (Phi) is 7.56. The van der Waals surface area contributed by atoms with Gasteiger partial charge in [0.05, 0.1) is 11.4 Å². The Balaban J connectivity index is 1.48. The third kappa shape index (κ3) is 5.62. The van der Waals surface area contributed by atoms with Gasteiger partial charge in [0.25, 0.3) is 0 Å². The van der Waals surface area contributed by atoms with Crippen molar-refractivity contribution < 1.29 is 9.59 Å². The van der Waals surface area contributed by atoms with E-state index in [0.29, 0.717) is 22.5 Å². The van der Waals surface area contributed by atoms with Crippen LogP contribution in [0.1, 0.15) is 11.1 Å². The van der Waals surface area contributed by atoms with E-state index in [1.54, 1.807) is 12.4 Å². The first-order chi connectivity index (χ1) is 16.5. The highest BCUT2D eigenvalue weighted by molar-refractivity contribution is 7.99. The summed E-state index contributed by atoms with van der Waals surface area (Å²) in [4.78, 5) is 28.6. The minimum absolute atomic E-state index is 0.0210. The number of rotatable bonds is 7. The zero-order valence-corrected chi connectivity index (χ0v) is 19.8. The van der Waals surface area contributed by atoms with E-state index in [0.717, 1.165) is 22.4 Å². The number of hydrogen-bond acceptors (Lipinski definition) is 6. The average Bonchev–Trinajstić information content (AvgIpc) is 3.28. The van der Waals surface area contributed by atoms with Crippen LogP contribution in [0.15, 0.2) is 78.2 Å². The van der Waals surface area contributed by atoms with E-state index in [9.17, 15) is 9.59 Å². The Morgan fingerprint density at radius 2 is 1.76 bits per heavy atom. The van der Waals surface area contributed by atoms with Crippen molar-refractivity contribution in [3.05, 3.63) is 89.2 Å². The molecule has 0 aliphatic carbocycles. The Hall–Kier alpha value is -3.69. The van der Waals surface area contributed by atoms with Crippen LogP contribution in [0.3, 0.4) is 0 Å². The summed E-state index contributed by atoms with van der Waals surface area (Å²) in [5.74, 6) is 0.127.